The van der Waals surface area contributed by atoms with E-state index in [0.717, 1.165) is 36.5 Å². The molecule has 4 amide bonds. The fourth-order valence-electron chi connectivity index (χ4n) is 4.64. The van der Waals surface area contributed by atoms with Crippen LogP contribution in [0.3, 0.4) is 0 Å². The summed E-state index contributed by atoms with van der Waals surface area (Å²) in [6, 6.07) is 4.17. The van der Waals surface area contributed by atoms with E-state index >= 15 is 0 Å². The standard InChI is InChI=1S/C21H26N4O4/c22-10-12-2-1-3-13(8-12)11-23-14-4-5-15-16(9-14)21(29)25(20(15)28)17-6-7-18(26)24-19(17)27/h4-5,9,12-13,17,23H,1-3,6-8,10-11,22H2,(H,24,26,27)/t12-,13+,17?/m1/s1. The number of carbonyl (C=O) groups excluding carboxylic acids is 4. The largest absolute Gasteiger partial charge is 0.385 e. The fraction of sp³-hybridized carbons (Fsp3) is 0.524. The zero-order valence-corrected chi connectivity index (χ0v) is 16.3. The minimum atomic E-state index is -0.938. The fourth-order valence-corrected chi connectivity index (χ4v) is 4.64. The van der Waals surface area contributed by atoms with Crippen LogP contribution in [0.2, 0.25) is 0 Å². The van der Waals surface area contributed by atoms with Crippen molar-refractivity contribution < 1.29 is 19.2 Å². The molecule has 3 atom stereocenters. The van der Waals surface area contributed by atoms with Crippen LogP contribution in [0.1, 0.15) is 59.2 Å². The average molecular weight is 398 g/mol. The molecule has 3 aliphatic rings. The van der Waals surface area contributed by atoms with Gasteiger partial charge in [-0.15, -0.1) is 0 Å². The van der Waals surface area contributed by atoms with E-state index in [2.05, 4.69) is 10.6 Å². The Morgan fingerprint density at radius 1 is 1.03 bits per heavy atom. The van der Waals surface area contributed by atoms with E-state index < -0.39 is 23.8 Å². The number of carbonyl (C=O) groups is 4. The molecular weight excluding hydrogens is 372 g/mol. The number of hydrogen-bond acceptors (Lipinski definition) is 6. The molecule has 0 radical (unpaired) electrons. The summed E-state index contributed by atoms with van der Waals surface area (Å²) in [5.74, 6) is -0.817. The predicted molar refractivity (Wildman–Crippen MR) is 106 cm³/mol. The lowest BCUT2D eigenvalue weighted by Gasteiger charge is -2.28. The first kappa shape index (κ1) is 19.6. The summed E-state index contributed by atoms with van der Waals surface area (Å²) in [5, 5.41) is 5.59. The maximum atomic E-state index is 12.9. The number of imide groups is 2. The Bertz CT molecular complexity index is 868. The topological polar surface area (TPSA) is 122 Å². The van der Waals surface area contributed by atoms with Gasteiger partial charge in [-0.25, -0.2) is 0 Å². The summed E-state index contributed by atoms with van der Waals surface area (Å²) in [6.45, 7) is 1.52. The smallest absolute Gasteiger partial charge is 0.262 e. The molecule has 2 fully saturated rings. The molecule has 2 aliphatic heterocycles. The van der Waals surface area contributed by atoms with Gasteiger partial charge in [-0.05, 0) is 62.3 Å². The Balaban J connectivity index is 1.46. The summed E-state index contributed by atoms with van der Waals surface area (Å²) in [7, 11) is 0. The number of amides is 4. The summed E-state index contributed by atoms with van der Waals surface area (Å²) in [4.78, 5) is 50.1. The second-order valence-electron chi connectivity index (χ2n) is 8.22. The normalized spacial score (nSPS) is 27.1. The number of hydrogen-bond donors (Lipinski definition) is 3. The molecule has 1 aliphatic carbocycles. The van der Waals surface area contributed by atoms with Gasteiger partial charge in [-0.2, -0.15) is 0 Å². The van der Waals surface area contributed by atoms with Crippen molar-refractivity contribution >= 4 is 29.3 Å². The summed E-state index contributed by atoms with van der Waals surface area (Å²) >= 11 is 0. The van der Waals surface area contributed by atoms with Gasteiger partial charge in [0.2, 0.25) is 11.8 Å². The van der Waals surface area contributed by atoms with E-state index in [-0.39, 0.29) is 18.7 Å². The summed E-state index contributed by atoms with van der Waals surface area (Å²) < 4.78 is 0. The zero-order valence-electron chi connectivity index (χ0n) is 16.3. The molecule has 0 spiro atoms. The number of nitrogens with one attached hydrogen (secondary N) is 2. The van der Waals surface area contributed by atoms with Crippen molar-refractivity contribution in [3.05, 3.63) is 29.3 Å². The molecule has 29 heavy (non-hydrogen) atoms. The molecule has 1 saturated heterocycles. The molecule has 0 aromatic heterocycles. The van der Waals surface area contributed by atoms with Gasteiger partial charge in [0.25, 0.3) is 11.8 Å². The van der Waals surface area contributed by atoms with Crippen molar-refractivity contribution in [1.29, 1.82) is 0 Å². The molecule has 1 aromatic carbocycles. The second-order valence-corrected chi connectivity index (χ2v) is 8.22. The van der Waals surface area contributed by atoms with Crippen LogP contribution < -0.4 is 16.4 Å². The molecule has 4 rings (SSSR count). The molecule has 1 unspecified atom stereocenters. The van der Waals surface area contributed by atoms with Crippen LogP contribution in [0.25, 0.3) is 0 Å². The highest BCUT2D eigenvalue weighted by atomic mass is 16.2. The second kappa shape index (κ2) is 7.94. The van der Waals surface area contributed by atoms with Crippen LogP contribution in [-0.2, 0) is 9.59 Å². The Labute approximate surface area is 169 Å². The van der Waals surface area contributed by atoms with E-state index in [1.807, 2.05) is 0 Å². The zero-order chi connectivity index (χ0) is 20.5. The van der Waals surface area contributed by atoms with Gasteiger partial charge in [0, 0.05) is 18.7 Å². The van der Waals surface area contributed by atoms with Crippen molar-refractivity contribution in [1.82, 2.24) is 10.2 Å². The van der Waals surface area contributed by atoms with E-state index in [9.17, 15) is 19.2 Å². The van der Waals surface area contributed by atoms with Crippen molar-refractivity contribution in [3.63, 3.8) is 0 Å². The Morgan fingerprint density at radius 3 is 2.55 bits per heavy atom. The first-order valence-electron chi connectivity index (χ1n) is 10.3. The third kappa shape index (κ3) is 3.76. The van der Waals surface area contributed by atoms with Crippen LogP contribution >= 0.6 is 0 Å². The number of benzene rings is 1. The van der Waals surface area contributed by atoms with E-state index in [1.165, 1.54) is 12.8 Å². The van der Waals surface area contributed by atoms with Crippen LogP contribution in [0, 0.1) is 11.8 Å². The molecule has 1 saturated carbocycles. The summed E-state index contributed by atoms with van der Waals surface area (Å²) in [5.41, 5.74) is 7.19. The highest BCUT2D eigenvalue weighted by Gasteiger charge is 2.44. The predicted octanol–water partition coefficient (Wildman–Crippen LogP) is 1.26. The van der Waals surface area contributed by atoms with E-state index in [0.29, 0.717) is 23.0 Å². The first-order chi connectivity index (χ1) is 14.0. The van der Waals surface area contributed by atoms with E-state index in [4.69, 9.17) is 5.73 Å². The lowest BCUT2D eigenvalue weighted by Crippen LogP contribution is -2.54. The van der Waals surface area contributed by atoms with Gasteiger partial charge in [-0.3, -0.25) is 29.4 Å². The van der Waals surface area contributed by atoms with Gasteiger partial charge in [0.1, 0.15) is 6.04 Å². The van der Waals surface area contributed by atoms with Crippen LogP contribution in [0.5, 0.6) is 0 Å². The van der Waals surface area contributed by atoms with Crippen molar-refractivity contribution in [2.24, 2.45) is 17.6 Å². The SMILES string of the molecule is NC[C@@H]1CCC[C@H](CNc2ccc3c(c2)C(=O)N(C2CCC(=O)NC2=O)C3=O)C1. The summed E-state index contributed by atoms with van der Waals surface area (Å²) in [6.07, 6.45) is 4.92. The van der Waals surface area contributed by atoms with E-state index in [1.54, 1.807) is 18.2 Å². The van der Waals surface area contributed by atoms with Crippen molar-refractivity contribution in [2.75, 3.05) is 18.4 Å². The molecule has 154 valence electrons. The average Bonchev–Trinajstić information content (AvgIpc) is 2.97. The van der Waals surface area contributed by atoms with Gasteiger partial charge in [-0.1, -0.05) is 6.42 Å². The van der Waals surface area contributed by atoms with Gasteiger partial charge in [0.05, 0.1) is 11.1 Å². The molecule has 2 heterocycles. The third-order valence-electron chi connectivity index (χ3n) is 6.26. The molecular formula is C21H26N4O4. The Hall–Kier alpha value is -2.74. The lowest BCUT2D eigenvalue weighted by atomic mass is 9.81. The maximum absolute atomic E-state index is 12.9. The molecule has 0 bridgehead atoms. The number of piperidine rings is 1. The molecule has 1 aromatic rings. The Kier molecular flexibility index (Phi) is 5.36. The highest BCUT2D eigenvalue weighted by molar-refractivity contribution is 6.23. The quantitative estimate of drug-likeness (QED) is 0.642. The molecule has 8 nitrogen and oxygen atoms in total. The first-order valence-corrected chi connectivity index (χ1v) is 10.3. The third-order valence-corrected chi connectivity index (χ3v) is 6.26. The highest BCUT2D eigenvalue weighted by Crippen LogP contribution is 2.31. The van der Waals surface area contributed by atoms with Crippen molar-refractivity contribution in [2.45, 2.75) is 44.6 Å². The number of anilines is 1. The number of rotatable bonds is 5. The van der Waals surface area contributed by atoms with Gasteiger partial charge < -0.3 is 11.1 Å². The van der Waals surface area contributed by atoms with Crippen molar-refractivity contribution in [3.8, 4) is 0 Å². The maximum Gasteiger partial charge on any atom is 0.262 e. The van der Waals surface area contributed by atoms with Gasteiger partial charge >= 0.3 is 0 Å². The molecule has 4 N–H and O–H groups in total. The van der Waals surface area contributed by atoms with Crippen LogP contribution in [0.15, 0.2) is 18.2 Å². The minimum absolute atomic E-state index is 0.113. The number of fused-ring (bicyclic) bond motifs is 1. The van der Waals surface area contributed by atoms with Gasteiger partial charge in [0.15, 0.2) is 0 Å². The number of nitrogens with two attached hydrogens (primary N) is 1. The molecule has 8 heteroatoms. The minimum Gasteiger partial charge on any atom is -0.385 e. The van der Waals surface area contributed by atoms with Crippen LogP contribution in [-0.4, -0.2) is 47.7 Å². The Morgan fingerprint density at radius 2 is 1.79 bits per heavy atom. The lowest BCUT2D eigenvalue weighted by molar-refractivity contribution is -0.136. The number of nitrogens with zero attached hydrogens (tertiary/aromatic N) is 1. The monoisotopic (exact) mass is 398 g/mol. The van der Waals surface area contributed by atoms with Crippen LogP contribution in [0.4, 0.5) is 5.69 Å².